The Hall–Kier alpha value is -5.00. The van der Waals surface area contributed by atoms with Crippen molar-refractivity contribution in [1.82, 2.24) is 10.3 Å². The summed E-state index contributed by atoms with van der Waals surface area (Å²) in [5.74, 6) is -1.75. The highest BCUT2D eigenvalue weighted by molar-refractivity contribution is 8.00. The molecule has 0 fully saturated rings. The van der Waals surface area contributed by atoms with Crippen molar-refractivity contribution in [2.24, 2.45) is 0 Å². The molecule has 0 aliphatic heterocycles. The number of benzene rings is 4. The van der Waals surface area contributed by atoms with Gasteiger partial charge < -0.3 is 20.9 Å². The van der Waals surface area contributed by atoms with Gasteiger partial charge in [-0.05, 0) is 60.7 Å². The van der Waals surface area contributed by atoms with Crippen molar-refractivity contribution in [3.8, 4) is 0 Å². The van der Waals surface area contributed by atoms with E-state index in [0.29, 0.717) is 21.7 Å². The van der Waals surface area contributed by atoms with Gasteiger partial charge in [-0.3, -0.25) is 14.4 Å². The monoisotopic (exact) mass is 648 g/mol. The number of anilines is 2. The number of carbonyl (C=O) groups is 3. The van der Waals surface area contributed by atoms with Crippen molar-refractivity contribution < 1.29 is 27.6 Å². The lowest BCUT2D eigenvalue weighted by molar-refractivity contribution is -0.137. The van der Waals surface area contributed by atoms with Gasteiger partial charge in [0.1, 0.15) is 5.70 Å². The summed E-state index contributed by atoms with van der Waals surface area (Å²) in [7, 11) is 0. The molecule has 0 radical (unpaired) electrons. The first-order chi connectivity index (χ1) is 21.6. The van der Waals surface area contributed by atoms with Crippen LogP contribution in [0.1, 0.15) is 21.5 Å². The largest absolute Gasteiger partial charge is 0.416 e. The van der Waals surface area contributed by atoms with Gasteiger partial charge >= 0.3 is 6.18 Å². The number of fused-ring (bicyclic) bond motifs is 1. The third kappa shape index (κ3) is 8.14. The topological polar surface area (TPSA) is 103 Å². The second kappa shape index (κ2) is 13.7. The number of hydrogen-bond acceptors (Lipinski definition) is 4. The summed E-state index contributed by atoms with van der Waals surface area (Å²) in [6.07, 6.45) is -1.27. The van der Waals surface area contributed by atoms with E-state index in [9.17, 15) is 27.6 Å². The first-order valence-electron chi connectivity index (χ1n) is 13.4. The van der Waals surface area contributed by atoms with E-state index < -0.39 is 29.5 Å². The van der Waals surface area contributed by atoms with Crippen LogP contribution in [-0.4, -0.2) is 28.5 Å². The number of H-pyrrole nitrogens is 1. The van der Waals surface area contributed by atoms with Crippen LogP contribution in [0.2, 0.25) is 5.02 Å². The molecule has 0 unspecified atom stereocenters. The Bertz CT molecular complexity index is 1910. The molecule has 0 saturated heterocycles. The summed E-state index contributed by atoms with van der Waals surface area (Å²) in [6.45, 7) is 0. The fourth-order valence-corrected chi connectivity index (χ4v) is 5.23. The third-order valence-electron chi connectivity index (χ3n) is 6.48. The summed E-state index contributed by atoms with van der Waals surface area (Å²) >= 11 is 7.09. The highest BCUT2D eigenvalue weighted by atomic mass is 35.5. The van der Waals surface area contributed by atoms with Gasteiger partial charge in [0.2, 0.25) is 5.91 Å². The lowest BCUT2D eigenvalue weighted by Crippen LogP contribution is -2.30. The number of nitrogens with one attached hydrogen (secondary N) is 4. The zero-order valence-electron chi connectivity index (χ0n) is 23.2. The molecule has 3 amide bonds. The average Bonchev–Trinajstić information content (AvgIpc) is 3.43. The summed E-state index contributed by atoms with van der Waals surface area (Å²) < 4.78 is 39.2. The average molecular weight is 649 g/mol. The first-order valence-corrected chi connectivity index (χ1v) is 14.8. The number of thioether (sulfide) groups is 1. The van der Waals surface area contributed by atoms with Crippen LogP contribution >= 0.6 is 23.4 Å². The van der Waals surface area contributed by atoms with Crippen LogP contribution in [0.3, 0.4) is 0 Å². The molecular formula is C33H24ClF3N4O3S. The summed E-state index contributed by atoms with van der Waals surface area (Å²) in [6, 6.07) is 25.4. The van der Waals surface area contributed by atoms with Gasteiger partial charge in [-0.1, -0.05) is 54.1 Å². The van der Waals surface area contributed by atoms with Crippen molar-refractivity contribution in [3.63, 3.8) is 0 Å². The van der Waals surface area contributed by atoms with Crippen LogP contribution in [0.25, 0.3) is 17.0 Å². The molecule has 0 aliphatic carbocycles. The molecule has 0 spiro atoms. The van der Waals surface area contributed by atoms with E-state index >= 15 is 0 Å². The van der Waals surface area contributed by atoms with Crippen LogP contribution < -0.4 is 16.0 Å². The SMILES string of the molecule is O=C(CSc1cccc(NC(=O)/C(=C/c2c[nH]c3ccccc23)NC(=O)c2ccccc2)c1)Nc1cc(C(F)(F)F)ccc1Cl. The highest BCUT2D eigenvalue weighted by Gasteiger charge is 2.31. The Balaban J connectivity index is 1.29. The minimum Gasteiger partial charge on any atom is -0.361 e. The lowest BCUT2D eigenvalue weighted by Gasteiger charge is -2.13. The Morgan fingerprint density at radius 2 is 1.62 bits per heavy atom. The van der Waals surface area contributed by atoms with Crippen molar-refractivity contribution in [1.29, 1.82) is 0 Å². The second-order valence-corrected chi connectivity index (χ2v) is 11.1. The van der Waals surface area contributed by atoms with Crippen LogP contribution in [0.15, 0.2) is 114 Å². The molecule has 1 heterocycles. The van der Waals surface area contributed by atoms with Crippen LogP contribution in [0, 0.1) is 0 Å². The molecule has 4 N–H and O–H groups in total. The minimum atomic E-state index is -4.58. The van der Waals surface area contributed by atoms with Crippen LogP contribution in [0.4, 0.5) is 24.5 Å². The van der Waals surface area contributed by atoms with E-state index in [1.54, 1.807) is 66.9 Å². The summed E-state index contributed by atoms with van der Waals surface area (Å²) in [5, 5.41) is 8.74. The van der Waals surface area contributed by atoms with Gasteiger partial charge in [0.25, 0.3) is 11.8 Å². The molecule has 0 bridgehead atoms. The maximum atomic E-state index is 13.5. The maximum absolute atomic E-state index is 13.5. The van der Waals surface area contributed by atoms with E-state index in [-0.39, 0.29) is 22.2 Å². The van der Waals surface area contributed by atoms with Crippen molar-refractivity contribution in [2.45, 2.75) is 11.1 Å². The van der Waals surface area contributed by atoms with Gasteiger partial charge in [-0.25, -0.2) is 0 Å². The lowest BCUT2D eigenvalue weighted by atomic mass is 10.1. The Labute approximate surface area is 264 Å². The van der Waals surface area contributed by atoms with Gasteiger partial charge in [-0.2, -0.15) is 13.2 Å². The first kappa shape index (κ1) is 31.4. The number of aromatic amines is 1. The molecule has 1 aromatic heterocycles. The maximum Gasteiger partial charge on any atom is 0.416 e. The number of hydrogen-bond donors (Lipinski definition) is 4. The van der Waals surface area contributed by atoms with Crippen LogP contribution in [0.5, 0.6) is 0 Å². The molecule has 7 nitrogen and oxygen atoms in total. The Morgan fingerprint density at radius 3 is 2.40 bits per heavy atom. The molecule has 4 aromatic carbocycles. The number of halogens is 4. The smallest absolute Gasteiger partial charge is 0.361 e. The van der Waals surface area contributed by atoms with E-state index in [1.807, 2.05) is 24.3 Å². The zero-order valence-corrected chi connectivity index (χ0v) is 24.8. The van der Waals surface area contributed by atoms with E-state index in [2.05, 4.69) is 20.9 Å². The summed E-state index contributed by atoms with van der Waals surface area (Å²) in [4.78, 5) is 42.7. The molecule has 228 valence electrons. The molecule has 12 heteroatoms. The van der Waals surface area contributed by atoms with E-state index in [1.165, 1.54) is 0 Å². The predicted octanol–water partition coefficient (Wildman–Crippen LogP) is 7.98. The summed E-state index contributed by atoms with van der Waals surface area (Å²) in [5.41, 5.74) is 1.25. The normalized spacial score (nSPS) is 11.7. The molecular weight excluding hydrogens is 625 g/mol. The quantitative estimate of drug-likeness (QED) is 0.0961. The second-order valence-electron chi connectivity index (χ2n) is 9.68. The predicted molar refractivity (Wildman–Crippen MR) is 171 cm³/mol. The molecule has 5 rings (SSSR count). The number of para-hydroxylation sites is 1. The van der Waals surface area contributed by atoms with E-state index in [0.717, 1.165) is 40.9 Å². The number of alkyl halides is 3. The Kier molecular flexibility index (Phi) is 9.60. The highest BCUT2D eigenvalue weighted by Crippen LogP contribution is 2.34. The van der Waals surface area contributed by atoms with Crippen molar-refractivity contribution in [2.75, 3.05) is 16.4 Å². The molecule has 5 aromatic rings. The number of amides is 3. The van der Waals surface area contributed by atoms with Crippen molar-refractivity contribution >= 4 is 69.4 Å². The van der Waals surface area contributed by atoms with Crippen molar-refractivity contribution in [3.05, 3.63) is 131 Å². The molecule has 0 atom stereocenters. The standard InChI is InChI=1S/C33H24ClF3N4O3S/c34-26-14-13-22(33(35,36)37)16-28(26)40-30(42)19-45-24-10-6-9-23(17-24)39-32(44)29(41-31(43)20-7-2-1-3-8-20)15-21-18-38-27-12-5-4-11-25(21)27/h1-18,38H,19H2,(H,39,44)(H,40,42)(H,41,43)/b29-15-. The van der Waals surface area contributed by atoms with Gasteiger partial charge in [0.05, 0.1) is 22.0 Å². The van der Waals surface area contributed by atoms with E-state index in [4.69, 9.17) is 11.6 Å². The number of carbonyl (C=O) groups excluding carboxylic acids is 3. The minimum absolute atomic E-state index is 0.00371. The Morgan fingerprint density at radius 1 is 0.867 bits per heavy atom. The fraction of sp³-hybridized carbons (Fsp3) is 0.0606. The van der Waals surface area contributed by atoms with Gasteiger partial charge in [0.15, 0.2) is 0 Å². The zero-order chi connectivity index (χ0) is 32.0. The molecule has 45 heavy (non-hydrogen) atoms. The molecule has 0 aliphatic rings. The number of aromatic nitrogens is 1. The fourth-order valence-electron chi connectivity index (χ4n) is 4.31. The number of rotatable bonds is 9. The molecule has 0 saturated carbocycles. The third-order valence-corrected chi connectivity index (χ3v) is 7.80. The van der Waals surface area contributed by atoms with Gasteiger partial charge in [-0.15, -0.1) is 11.8 Å². The van der Waals surface area contributed by atoms with Gasteiger partial charge in [0, 0.05) is 38.8 Å². The van der Waals surface area contributed by atoms with Crippen LogP contribution in [-0.2, 0) is 15.8 Å².